The monoisotopic (exact) mass is 328 g/mol. The van der Waals surface area contributed by atoms with Gasteiger partial charge in [-0.3, -0.25) is 9.80 Å². The first-order valence-electron chi connectivity index (χ1n) is 7.76. The van der Waals surface area contributed by atoms with Crippen molar-refractivity contribution in [2.24, 2.45) is 0 Å². The molecule has 124 valence electrons. The molecule has 1 aliphatic heterocycles. The largest absolute Gasteiger partial charge is 0.395 e. The van der Waals surface area contributed by atoms with E-state index in [1.807, 2.05) is 18.2 Å². The topological polar surface area (TPSA) is 56.2 Å². The van der Waals surface area contributed by atoms with Crippen molar-refractivity contribution in [1.82, 2.24) is 9.80 Å². The van der Waals surface area contributed by atoms with E-state index < -0.39 is 6.10 Å². The summed E-state index contributed by atoms with van der Waals surface area (Å²) in [5, 5.41) is 20.2. The SMILES string of the molecule is OCCN(CCN1CCOCC1)CC(O)c1ccccc1Cl. The Balaban J connectivity index is 1.86. The quantitative estimate of drug-likeness (QED) is 0.745. The number of hydrogen-bond acceptors (Lipinski definition) is 5. The van der Waals surface area contributed by atoms with Crippen molar-refractivity contribution in [2.75, 3.05) is 59.1 Å². The predicted molar refractivity (Wildman–Crippen MR) is 87.2 cm³/mol. The fourth-order valence-corrected chi connectivity index (χ4v) is 2.89. The van der Waals surface area contributed by atoms with Crippen LogP contribution in [0.3, 0.4) is 0 Å². The summed E-state index contributed by atoms with van der Waals surface area (Å²) >= 11 is 6.13. The first kappa shape index (κ1) is 17.7. The minimum absolute atomic E-state index is 0.0817. The first-order chi connectivity index (χ1) is 10.7. The normalized spacial score (nSPS) is 17.8. The van der Waals surface area contributed by atoms with Crippen molar-refractivity contribution in [3.63, 3.8) is 0 Å². The van der Waals surface area contributed by atoms with Crippen LogP contribution in [0.15, 0.2) is 24.3 Å². The van der Waals surface area contributed by atoms with Gasteiger partial charge in [-0.15, -0.1) is 0 Å². The average Bonchev–Trinajstić information content (AvgIpc) is 2.54. The lowest BCUT2D eigenvalue weighted by molar-refractivity contribution is 0.0283. The summed E-state index contributed by atoms with van der Waals surface area (Å²) in [7, 11) is 0. The molecule has 6 heteroatoms. The summed E-state index contributed by atoms with van der Waals surface area (Å²) in [5.41, 5.74) is 0.735. The van der Waals surface area contributed by atoms with Crippen molar-refractivity contribution in [3.05, 3.63) is 34.9 Å². The van der Waals surface area contributed by atoms with Crippen molar-refractivity contribution in [2.45, 2.75) is 6.10 Å². The molecule has 2 N–H and O–H groups in total. The van der Waals surface area contributed by atoms with Gasteiger partial charge < -0.3 is 14.9 Å². The van der Waals surface area contributed by atoms with Crippen LogP contribution in [0.1, 0.15) is 11.7 Å². The van der Waals surface area contributed by atoms with E-state index in [-0.39, 0.29) is 6.61 Å². The van der Waals surface area contributed by atoms with Gasteiger partial charge in [0.2, 0.25) is 0 Å². The maximum atomic E-state index is 10.4. The van der Waals surface area contributed by atoms with Crippen LogP contribution < -0.4 is 0 Å². The Morgan fingerprint density at radius 2 is 1.95 bits per heavy atom. The molecule has 1 atom stereocenters. The fraction of sp³-hybridized carbons (Fsp3) is 0.625. The number of morpholine rings is 1. The molecule has 0 aromatic heterocycles. The van der Waals surface area contributed by atoms with E-state index in [1.165, 1.54) is 0 Å². The second-order valence-corrected chi connectivity index (χ2v) is 5.92. The van der Waals surface area contributed by atoms with Gasteiger partial charge in [-0.25, -0.2) is 0 Å². The van der Waals surface area contributed by atoms with Gasteiger partial charge in [0.05, 0.1) is 25.9 Å². The smallest absolute Gasteiger partial charge is 0.0931 e. The van der Waals surface area contributed by atoms with Crippen LogP contribution in [-0.2, 0) is 4.74 Å². The van der Waals surface area contributed by atoms with Gasteiger partial charge in [-0.1, -0.05) is 29.8 Å². The Morgan fingerprint density at radius 1 is 1.23 bits per heavy atom. The molecule has 1 aromatic carbocycles. The Labute approximate surface area is 137 Å². The molecule has 0 saturated carbocycles. The summed E-state index contributed by atoms with van der Waals surface area (Å²) in [6, 6.07) is 7.34. The Bertz CT molecular complexity index is 441. The molecule has 0 spiro atoms. The van der Waals surface area contributed by atoms with Crippen LogP contribution >= 0.6 is 11.6 Å². The zero-order chi connectivity index (χ0) is 15.8. The summed E-state index contributed by atoms with van der Waals surface area (Å²) in [5.74, 6) is 0. The highest BCUT2D eigenvalue weighted by Crippen LogP contribution is 2.23. The second kappa shape index (κ2) is 9.45. The molecule has 1 unspecified atom stereocenters. The van der Waals surface area contributed by atoms with Crippen LogP contribution in [0, 0.1) is 0 Å². The Morgan fingerprint density at radius 3 is 2.64 bits per heavy atom. The molecule has 1 heterocycles. The molecule has 1 aromatic rings. The van der Waals surface area contributed by atoms with Gasteiger partial charge in [0, 0.05) is 49.9 Å². The zero-order valence-electron chi connectivity index (χ0n) is 12.8. The van der Waals surface area contributed by atoms with Crippen molar-refractivity contribution >= 4 is 11.6 Å². The lowest BCUT2D eigenvalue weighted by Gasteiger charge is -2.30. The van der Waals surface area contributed by atoms with Gasteiger partial charge in [0.15, 0.2) is 0 Å². The molecule has 1 aliphatic rings. The third kappa shape index (κ3) is 5.50. The van der Waals surface area contributed by atoms with E-state index in [0.29, 0.717) is 18.1 Å². The van der Waals surface area contributed by atoms with Crippen LogP contribution in [0.25, 0.3) is 0 Å². The summed E-state index contributed by atoms with van der Waals surface area (Å²) in [6.45, 7) is 6.27. The van der Waals surface area contributed by atoms with Gasteiger partial charge >= 0.3 is 0 Å². The van der Waals surface area contributed by atoms with Crippen LogP contribution in [0.2, 0.25) is 5.02 Å². The van der Waals surface area contributed by atoms with Crippen molar-refractivity contribution in [3.8, 4) is 0 Å². The van der Waals surface area contributed by atoms with Crippen LogP contribution in [0.5, 0.6) is 0 Å². The highest BCUT2D eigenvalue weighted by atomic mass is 35.5. The van der Waals surface area contributed by atoms with Gasteiger partial charge in [0.1, 0.15) is 0 Å². The number of aliphatic hydroxyl groups is 2. The Kier molecular flexibility index (Phi) is 7.59. The number of nitrogens with zero attached hydrogens (tertiary/aromatic N) is 2. The van der Waals surface area contributed by atoms with Crippen LogP contribution in [-0.4, -0.2) is 79.1 Å². The van der Waals surface area contributed by atoms with Crippen molar-refractivity contribution < 1.29 is 14.9 Å². The molecule has 0 bridgehead atoms. The van der Waals surface area contributed by atoms with E-state index >= 15 is 0 Å². The van der Waals surface area contributed by atoms with E-state index in [9.17, 15) is 10.2 Å². The van der Waals surface area contributed by atoms with E-state index in [0.717, 1.165) is 45.0 Å². The molecule has 0 aliphatic carbocycles. The molecule has 5 nitrogen and oxygen atoms in total. The van der Waals surface area contributed by atoms with Crippen LogP contribution in [0.4, 0.5) is 0 Å². The molecule has 22 heavy (non-hydrogen) atoms. The maximum absolute atomic E-state index is 10.4. The highest BCUT2D eigenvalue weighted by Gasteiger charge is 2.17. The molecule has 1 saturated heterocycles. The van der Waals surface area contributed by atoms with Gasteiger partial charge in [-0.05, 0) is 6.07 Å². The first-order valence-corrected chi connectivity index (χ1v) is 8.14. The van der Waals surface area contributed by atoms with Crippen molar-refractivity contribution in [1.29, 1.82) is 0 Å². The number of rotatable bonds is 8. The predicted octanol–water partition coefficient (Wildman–Crippen LogP) is 1.000. The number of benzene rings is 1. The summed E-state index contributed by atoms with van der Waals surface area (Å²) in [6.07, 6.45) is -0.648. The van der Waals surface area contributed by atoms with E-state index in [1.54, 1.807) is 6.07 Å². The summed E-state index contributed by atoms with van der Waals surface area (Å²) < 4.78 is 5.34. The standard InChI is InChI=1S/C16H25ClN2O3/c17-15-4-2-1-3-14(15)16(21)13-19(7-10-20)6-5-18-8-11-22-12-9-18/h1-4,16,20-21H,5-13H2. The molecule has 2 rings (SSSR count). The highest BCUT2D eigenvalue weighted by molar-refractivity contribution is 6.31. The van der Waals surface area contributed by atoms with E-state index in [4.69, 9.17) is 16.3 Å². The number of hydrogen-bond donors (Lipinski definition) is 2. The minimum Gasteiger partial charge on any atom is -0.395 e. The number of aliphatic hydroxyl groups excluding tert-OH is 2. The third-order valence-electron chi connectivity index (χ3n) is 3.95. The number of halogens is 1. The molecule has 0 amide bonds. The zero-order valence-corrected chi connectivity index (χ0v) is 13.6. The molecule has 1 fully saturated rings. The molecular formula is C16H25ClN2O3. The van der Waals surface area contributed by atoms with Gasteiger partial charge in [-0.2, -0.15) is 0 Å². The fourth-order valence-electron chi connectivity index (χ4n) is 2.63. The summed E-state index contributed by atoms with van der Waals surface area (Å²) in [4.78, 5) is 4.42. The van der Waals surface area contributed by atoms with Gasteiger partial charge in [0.25, 0.3) is 0 Å². The molecule has 0 radical (unpaired) electrons. The lowest BCUT2D eigenvalue weighted by Crippen LogP contribution is -2.43. The Hall–Kier alpha value is -0.690. The van der Waals surface area contributed by atoms with E-state index in [2.05, 4.69) is 9.80 Å². The third-order valence-corrected chi connectivity index (χ3v) is 4.29. The minimum atomic E-state index is -0.648. The molecular weight excluding hydrogens is 304 g/mol. The number of ether oxygens (including phenoxy) is 1. The average molecular weight is 329 g/mol. The second-order valence-electron chi connectivity index (χ2n) is 5.52. The maximum Gasteiger partial charge on any atom is 0.0931 e. The lowest BCUT2D eigenvalue weighted by atomic mass is 10.1.